The molecule has 116 valence electrons. The first kappa shape index (κ1) is 14.9. The Hall–Kier alpha value is -1.06. The molecule has 1 aliphatic heterocycles. The zero-order valence-corrected chi connectivity index (χ0v) is 13.0. The van der Waals surface area contributed by atoms with Gasteiger partial charge in [-0.1, -0.05) is 25.0 Å². The summed E-state index contributed by atoms with van der Waals surface area (Å²) >= 11 is 0. The molecule has 0 atom stereocenters. The lowest BCUT2D eigenvalue weighted by molar-refractivity contribution is 0.214. The lowest BCUT2D eigenvalue weighted by Crippen LogP contribution is -2.29. The SMILES string of the molecule is c1cc(CNC2CC2)cc(OCCN2CCCCCC2)c1. The van der Waals surface area contributed by atoms with Gasteiger partial charge in [-0.15, -0.1) is 0 Å². The third kappa shape index (κ3) is 5.33. The number of likely N-dealkylation sites (tertiary alicyclic amines) is 1. The topological polar surface area (TPSA) is 24.5 Å². The molecule has 1 saturated heterocycles. The Labute approximate surface area is 128 Å². The Morgan fingerprint density at radius 1 is 1.10 bits per heavy atom. The van der Waals surface area contributed by atoms with Crippen LogP contribution < -0.4 is 10.1 Å². The van der Waals surface area contributed by atoms with E-state index in [1.165, 1.54) is 57.2 Å². The fourth-order valence-corrected chi connectivity index (χ4v) is 2.95. The number of ether oxygens (including phenoxy) is 1. The summed E-state index contributed by atoms with van der Waals surface area (Å²) in [4.78, 5) is 2.55. The Morgan fingerprint density at radius 2 is 1.90 bits per heavy atom. The van der Waals surface area contributed by atoms with E-state index in [2.05, 4.69) is 34.5 Å². The molecule has 0 aromatic heterocycles. The molecule has 2 fully saturated rings. The highest BCUT2D eigenvalue weighted by atomic mass is 16.5. The third-order valence-corrected chi connectivity index (χ3v) is 4.45. The van der Waals surface area contributed by atoms with Crippen molar-refractivity contribution in [3.8, 4) is 5.75 Å². The second-order valence-electron chi connectivity index (χ2n) is 6.41. The summed E-state index contributed by atoms with van der Waals surface area (Å²) < 4.78 is 5.94. The van der Waals surface area contributed by atoms with Crippen LogP contribution in [0.25, 0.3) is 0 Å². The average Bonchev–Trinajstić information content (AvgIpc) is 3.33. The standard InChI is InChI=1S/C18H28N2O/c1-2-4-11-20(10-3-1)12-13-21-18-7-5-6-16(14-18)15-19-17-8-9-17/h5-7,14,17,19H,1-4,8-13,15H2. The monoisotopic (exact) mass is 288 g/mol. The lowest BCUT2D eigenvalue weighted by atomic mass is 10.2. The van der Waals surface area contributed by atoms with E-state index in [4.69, 9.17) is 4.74 Å². The minimum atomic E-state index is 0.762. The summed E-state index contributed by atoms with van der Waals surface area (Å²) in [6.07, 6.45) is 8.17. The zero-order chi connectivity index (χ0) is 14.3. The van der Waals surface area contributed by atoms with Gasteiger partial charge in [0.2, 0.25) is 0 Å². The smallest absolute Gasteiger partial charge is 0.119 e. The van der Waals surface area contributed by atoms with E-state index in [-0.39, 0.29) is 0 Å². The van der Waals surface area contributed by atoms with Crippen LogP contribution in [0.1, 0.15) is 44.1 Å². The Morgan fingerprint density at radius 3 is 2.67 bits per heavy atom. The van der Waals surface area contributed by atoms with Gasteiger partial charge in [0.05, 0.1) is 0 Å². The summed E-state index contributed by atoms with van der Waals surface area (Å²) in [5, 5.41) is 3.55. The van der Waals surface area contributed by atoms with Crippen molar-refractivity contribution < 1.29 is 4.74 Å². The van der Waals surface area contributed by atoms with Crippen molar-refractivity contribution in [1.29, 1.82) is 0 Å². The summed E-state index contributed by atoms with van der Waals surface area (Å²) in [6.45, 7) is 5.32. The maximum atomic E-state index is 5.94. The largest absolute Gasteiger partial charge is 0.492 e. The molecule has 0 spiro atoms. The van der Waals surface area contributed by atoms with Gasteiger partial charge < -0.3 is 10.1 Å². The van der Waals surface area contributed by atoms with Crippen LogP contribution in [-0.2, 0) is 6.54 Å². The van der Waals surface area contributed by atoms with Crippen molar-refractivity contribution in [2.75, 3.05) is 26.2 Å². The second kappa shape index (κ2) is 7.81. The minimum absolute atomic E-state index is 0.762. The molecule has 1 aliphatic carbocycles. The van der Waals surface area contributed by atoms with Crippen LogP contribution in [0, 0.1) is 0 Å². The van der Waals surface area contributed by atoms with Gasteiger partial charge in [0, 0.05) is 19.1 Å². The van der Waals surface area contributed by atoms with E-state index < -0.39 is 0 Å². The van der Waals surface area contributed by atoms with Gasteiger partial charge in [-0.25, -0.2) is 0 Å². The van der Waals surface area contributed by atoms with Gasteiger partial charge in [-0.3, -0.25) is 4.90 Å². The van der Waals surface area contributed by atoms with E-state index in [1.54, 1.807) is 0 Å². The van der Waals surface area contributed by atoms with E-state index >= 15 is 0 Å². The fraction of sp³-hybridized carbons (Fsp3) is 0.667. The van der Waals surface area contributed by atoms with E-state index in [1.807, 2.05) is 0 Å². The van der Waals surface area contributed by atoms with Crippen molar-refractivity contribution >= 4 is 0 Å². The highest BCUT2D eigenvalue weighted by Gasteiger charge is 2.19. The lowest BCUT2D eigenvalue weighted by Gasteiger charge is -2.19. The summed E-state index contributed by atoms with van der Waals surface area (Å²) in [7, 11) is 0. The van der Waals surface area contributed by atoms with Crippen molar-refractivity contribution in [3.63, 3.8) is 0 Å². The molecule has 1 heterocycles. The third-order valence-electron chi connectivity index (χ3n) is 4.45. The molecule has 21 heavy (non-hydrogen) atoms. The van der Waals surface area contributed by atoms with Crippen molar-refractivity contribution in [2.24, 2.45) is 0 Å². The van der Waals surface area contributed by atoms with Crippen LogP contribution in [-0.4, -0.2) is 37.2 Å². The first-order valence-electron chi connectivity index (χ1n) is 8.58. The average molecular weight is 288 g/mol. The molecule has 0 unspecified atom stereocenters. The van der Waals surface area contributed by atoms with Gasteiger partial charge in [0.1, 0.15) is 12.4 Å². The van der Waals surface area contributed by atoms with E-state index in [9.17, 15) is 0 Å². The molecular formula is C18H28N2O. The van der Waals surface area contributed by atoms with Crippen LogP contribution in [0.4, 0.5) is 0 Å². The quantitative estimate of drug-likeness (QED) is 0.834. The Kier molecular flexibility index (Phi) is 5.53. The zero-order valence-electron chi connectivity index (χ0n) is 13.0. The molecule has 0 bridgehead atoms. The molecule has 1 saturated carbocycles. The molecule has 0 amide bonds. The summed E-state index contributed by atoms with van der Waals surface area (Å²) in [5.74, 6) is 1.01. The van der Waals surface area contributed by atoms with Crippen molar-refractivity contribution in [2.45, 2.75) is 51.1 Å². The van der Waals surface area contributed by atoms with Gasteiger partial charge in [0.15, 0.2) is 0 Å². The van der Waals surface area contributed by atoms with Crippen LogP contribution in [0.5, 0.6) is 5.75 Å². The van der Waals surface area contributed by atoms with Crippen LogP contribution in [0.3, 0.4) is 0 Å². The predicted molar refractivity (Wildman–Crippen MR) is 86.7 cm³/mol. The second-order valence-corrected chi connectivity index (χ2v) is 6.41. The van der Waals surface area contributed by atoms with Gasteiger partial charge >= 0.3 is 0 Å². The molecular weight excluding hydrogens is 260 g/mol. The van der Waals surface area contributed by atoms with Crippen LogP contribution in [0.2, 0.25) is 0 Å². The van der Waals surface area contributed by atoms with E-state index in [0.29, 0.717) is 0 Å². The highest BCUT2D eigenvalue weighted by Crippen LogP contribution is 2.20. The van der Waals surface area contributed by atoms with Gasteiger partial charge in [-0.05, 0) is 56.5 Å². The molecule has 3 heteroatoms. The first-order chi connectivity index (χ1) is 10.4. The van der Waals surface area contributed by atoms with Gasteiger partial charge in [0.25, 0.3) is 0 Å². The number of nitrogens with one attached hydrogen (secondary N) is 1. The molecule has 1 N–H and O–H groups in total. The maximum absolute atomic E-state index is 5.94. The highest BCUT2D eigenvalue weighted by molar-refractivity contribution is 5.28. The molecule has 1 aromatic carbocycles. The minimum Gasteiger partial charge on any atom is -0.492 e. The normalized spacial score (nSPS) is 20.2. The number of nitrogens with zero attached hydrogens (tertiary/aromatic N) is 1. The van der Waals surface area contributed by atoms with Crippen LogP contribution in [0.15, 0.2) is 24.3 Å². The van der Waals surface area contributed by atoms with Crippen molar-refractivity contribution in [1.82, 2.24) is 10.2 Å². The Bertz CT molecular complexity index is 423. The molecule has 2 aliphatic rings. The van der Waals surface area contributed by atoms with E-state index in [0.717, 1.165) is 31.5 Å². The maximum Gasteiger partial charge on any atom is 0.119 e. The molecule has 3 rings (SSSR count). The summed E-state index contributed by atoms with van der Waals surface area (Å²) in [6, 6.07) is 9.29. The Balaban J connectivity index is 1.40. The summed E-state index contributed by atoms with van der Waals surface area (Å²) in [5.41, 5.74) is 1.33. The first-order valence-corrected chi connectivity index (χ1v) is 8.58. The number of hydrogen-bond donors (Lipinski definition) is 1. The van der Waals surface area contributed by atoms with Crippen LogP contribution >= 0.6 is 0 Å². The molecule has 3 nitrogen and oxygen atoms in total. The predicted octanol–water partition coefficient (Wildman–Crippen LogP) is 3.19. The molecule has 0 radical (unpaired) electrons. The van der Waals surface area contributed by atoms with Crippen molar-refractivity contribution in [3.05, 3.63) is 29.8 Å². The van der Waals surface area contributed by atoms with Gasteiger partial charge in [-0.2, -0.15) is 0 Å². The fourth-order valence-electron chi connectivity index (χ4n) is 2.95. The number of benzene rings is 1. The molecule has 1 aromatic rings. The number of rotatable bonds is 7. The number of hydrogen-bond acceptors (Lipinski definition) is 3.